The maximum Gasteiger partial charge on any atom is 0.170 e. The molecule has 7 heteroatoms. The fourth-order valence-corrected chi connectivity index (χ4v) is 2.29. The van der Waals surface area contributed by atoms with Crippen LogP contribution in [0.3, 0.4) is 0 Å². The second-order valence-electron chi connectivity index (χ2n) is 3.78. The lowest BCUT2D eigenvalue weighted by Gasteiger charge is -2.08. The number of rotatable bonds is 4. The quantitative estimate of drug-likeness (QED) is 0.393. The van der Waals surface area contributed by atoms with E-state index in [4.69, 9.17) is 27.3 Å². The first-order valence-electron chi connectivity index (χ1n) is 5.41. The molecule has 1 aromatic carbocycles. The van der Waals surface area contributed by atoms with Crippen molar-refractivity contribution >= 4 is 28.8 Å². The zero-order valence-electron chi connectivity index (χ0n) is 10.1. The molecule has 1 aromatic heterocycles. The summed E-state index contributed by atoms with van der Waals surface area (Å²) in [4.78, 5) is 4.29. The maximum atomic E-state index is 8.58. The Morgan fingerprint density at radius 1 is 1.58 bits per heavy atom. The van der Waals surface area contributed by atoms with Gasteiger partial charge in [0.2, 0.25) is 0 Å². The van der Waals surface area contributed by atoms with E-state index in [1.54, 1.807) is 29.5 Å². The number of oxime groups is 1. The molecule has 0 amide bonds. The minimum atomic E-state index is 0.00331. The molecule has 0 saturated heterocycles. The molecule has 1 heterocycles. The molecule has 100 valence electrons. The van der Waals surface area contributed by atoms with Crippen LogP contribution in [0.25, 0.3) is 0 Å². The van der Waals surface area contributed by atoms with E-state index < -0.39 is 0 Å². The van der Waals surface area contributed by atoms with Gasteiger partial charge in [0, 0.05) is 10.9 Å². The summed E-state index contributed by atoms with van der Waals surface area (Å²) in [6.45, 7) is 2.29. The van der Waals surface area contributed by atoms with E-state index >= 15 is 0 Å². The predicted molar refractivity (Wildman–Crippen MR) is 75.1 cm³/mol. The Labute approximate surface area is 119 Å². The Hall–Kier alpha value is -1.79. The molecule has 0 saturated carbocycles. The molecule has 0 spiro atoms. The fourth-order valence-electron chi connectivity index (χ4n) is 1.46. The van der Waals surface area contributed by atoms with Crippen molar-refractivity contribution < 1.29 is 9.94 Å². The van der Waals surface area contributed by atoms with Gasteiger partial charge in [0.1, 0.15) is 12.4 Å². The third kappa shape index (κ3) is 3.36. The average Bonchev–Trinajstić information content (AvgIpc) is 2.82. The summed E-state index contributed by atoms with van der Waals surface area (Å²) in [6.07, 6.45) is 0. The monoisotopic (exact) mass is 297 g/mol. The van der Waals surface area contributed by atoms with E-state index in [1.165, 1.54) is 0 Å². The number of benzene rings is 1. The summed E-state index contributed by atoms with van der Waals surface area (Å²) in [7, 11) is 0. The third-order valence-corrected chi connectivity index (χ3v) is 3.50. The Kier molecular flexibility index (Phi) is 4.24. The highest BCUT2D eigenvalue weighted by atomic mass is 35.5. The summed E-state index contributed by atoms with van der Waals surface area (Å²) >= 11 is 7.64. The van der Waals surface area contributed by atoms with Crippen LogP contribution in [0.2, 0.25) is 5.02 Å². The summed E-state index contributed by atoms with van der Waals surface area (Å²) < 4.78 is 5.57. The molecule has 0 aliphatic rings. The topological polar surface area (TPSA) is 80.7 Å². The third-order valence-electron chi connectivity index (χ3n) is 2.38. The number of nitrogens with two attached hydrogens (primary N) is 1. The van der Waals surface area contributed by atoms with Crippen molar-refractivity contribution in [1.29, 1.82) is 0 Å². The molecule has 3 N–H and O–H groups in total. The van der Waals surface area contributed by atoms with Crippen molar-refractivity contribution in [1.82, 2.24) is 4.98 Å². The van der Waals surface area contributed by atoms with Crippen molar-refractivity contribution in [2.75, 3.05) is 0 Å². The van der Waals surface area contributed by atoms with Gasteiger partial charge in [-0.15, -0.1) is 11.3 Å². The SMILES string of the molecule is Cc1nc(COc2ccc(C(N)=NO)cc2Cl)cs1. The van der Waals surface area contributed by atoms with E-state index in [9.17, 15) is 0 Å². The van der Waals surface area contributed by atoms with E-state index in [2.05, 4.69) is 10.1 Å². The number of aryl methyl sites for hydroxylation is 1. The number of hydrogen-bond acceptors (Lipinski definition) is 5. The van der Waals surface area contributed by atoms with Gasteiger partial charge in [-0.2, -0.15) is 0 Å². The van der Waals surface area contributed by atoms with E-state index in [-0.39, 0.29) is 5.84 Å². The van der Waals surface area contributed by atoms with Gasteiger partial charge in [-0.3, -0.25) is 0 Å². The number of amidine groups is 1. The van der Waals surface area contributed by atoms with Crippen LogP contribution in [0.1, 0.15) is 16.3 Å². The number of nitrogens with zero attached hydrogens (tertiary/aromatic N) is 2. The van der Waals surface area contributed by atoms with Gasteiger partial charge in [-0.25, -0.2) is 4.98 Å². The highest BCUT2D eigenvalue weighted by molar-refractivity contribution is 7.09. The van der Waals surface area contributed by atoms with Crippen LogP contribution < -0.4 is 10.5 Å². The molecule has 19 heavy (non-hydrogen) atoms. The van der Waals surface area contributed by atoms with Crippen LogP contribution in [0.15, 0.2) is 28.7 Å². The van der Waals surface area contributed by atoms with Gasteiger partial charge in [-0.05, 0) is 25.1 Å². The van der Waals surface area contributed by atoms with Crippen LogP contribution >= 0.6 is 22.9 Å². The van der Waals surface area contributed by atoms with Crippen molar-refractivity contribution in [2.45, 2.75) is 13.5 Å². The number of halogens is 1. The van der Waals surface area contributed by atoms with Crippen molar-refractivity contribution in [3.63, 3.8) is 0 Å². The van der Waals surface area contributed by atoms with Crippen LogP contribution in [-0.4, -0.2) is 16.0 Å². The van der Waals surface area contributed by atoms with Crippen molar-refractivity contribution in [2.24, 2.45) is 10.9 Å². The second kappa shape index (κ2) is 5.90. The number of aromatic nitrogens is 1. The minimum absolute atomic E-state index is 0.00331. The molecular formula is C12H12ClN3O2S. The summed E-state index contributed by atoms with van der Waals surface area (Å²) in [5, 5.41) is 14.8. The lowest BCUT2D eigenvalue weighted by atomic mass is 10.2. The fraction of sp³-hybridized carbons (Fsp3) is 0.167. The van der Waals surface area contributed by atoms with Crippen LogP contribution in [0.5, 0.6) is 5.75 Å². The first kappa shape index (κ1) is 13.6. The van der Waals surface area contributed by atoms with E-state index in [0.29, 0.717) is 22.9 Å². The predicted octanol–water partition coefficient (Wildman–Crippen LogP) is 2.78. The highest BCUT2D eigenvalue weighted by Gasteiger charge is 2.07. The van der Waals surface area contributed by atoms with Gasteiger partial charge in [-0.1, -0.05) is 16.8 Å². The number of ether oxygens (including phenoxy) is 1. The molecule has 2 rings (SSSR count). The highest BCUT2D eigenvalue weighted by Crippen LogP contribution is 2.26. The Bertz CT molecular complexity index is 613. The lowest BCUT2D eigenvalue weighted by molar-refractivity contribution is 0.302. The molecule has 0 bridgehead atoms. The number of thiazole rings is 1. The van der Waals surface area contributed by atoms with Gasteiger partial charge < -0.3 is 15.7 Å². The Morgan fingerprint density at radius 2 is 2.37 bits per heavy atom. The lowest BCUT2D eigenvalue weighted by Crippen LogP contribution is -2.12. The molecule has 0 fully saturated rings. The van der Waals surface area contributed by atoms with Crippen LogP contribution in [0.4, 0.5) is 0 Å². The second-order valence-corrected chi connectivity index (χ2v) is 5.25. The maximum absolute atomic E-state index is 8.58. The molecule has 5 nitrogen and oxygen atoms in total. The Balaban J connectivity index is 2.09. The van der Waals surface area contributed by atoms with E-state index in [0.717, 1.165) is 10.7 Å². The van der Waals surface area contributed by atoms with Gasteiger partial charge in [0.15, 0.2) is 5.84 Å². The van der Waals surface area contributed by atoms with Gasteiger partial charge >= 0.3 is 0 Å². The van der Waals surface area contributed by atoms with Crippen LogP contribution in [-0.2, 0) is 6.61 Å². The zero-order chi connectivity index (χ0) is 13.8. The minimum Gasteiger partial charge on any atom is -0.486 e. The molecule has 0 aliphatic heterocycles. The summed E-state index contributed by atoms with van der Waals surface area (Å²) in [6, 6.07) is 4.93. The van der Waals surface area contributed by atoms with Crippen molar-refractivity contribution in [3.05, 3.63) is 44.9 Å². The first-order valence-corrected chi connectivity index (χ1v) is 6.67. The standard InChI is InChI=1S/C12H12ClN3O2S/c1-7-15-9(6-19-7)5-18-11-3-2-8(4-10(11)13)12(14)16-17/h2-4,6,17H,5H2,1H3,(H2,14,16). The van der Waals surface area contributed by atoms with Gasteiger partial charge in [0.05, 0.1) is 15.7 Å². The largest absolute Gasteiger partial charge is 0.486 e. The zero-order valence-corrected chi connectivity index (χ0v) is 11.7. The molecule has 0 aliphatic carbocycles. The van der Waals surface area contributed by atoms with Gasteiger partial charge in [0.25, 0.3) is 0 Å². The van der Waals surface area contributed by atoms with E-state index in [1.807, 2.05) is 12.3 Å². The number of hydrogen-bond donors (Lipinski definition) is 2. The Morgan fingerprint density at radius 3 is 2.95 bits per heavy atom. The normalized spacial score (nSPS) is 11.6. The van der Waals surface area contributed by atoms with Crippen molar-refractivity contribution in [3.8, 4) is 5.75 Å². The molecule has 0 radical (unpaired) electrons. The summed E-state index contributed by atoms with van der Waals surface area (Å²) in [5.74, 6) is 0.533. The average molecular weight is 298 g/mol. The summed E-state index contributed by atoms with van der Waals surface area (Å²) in [5.41, 5.74) is 6.86. The molecule has 0 unspecified atom stereocenters. The smallest absolute Gasteiger partial charge is 0.170 e. The molecule has 0 atom stereocenters. The molecule has 2 aromatic rings. The molecular weight excluding hydrogens is 286 g/mol. The first-order chi connectivity index (χ1) is 9.10. The van der Waals surface area contributed by atoms with Crippen LogP contribution in [0, 0.1) is 6.92 Å².